The topological polar surface area (TPSA) is 69.6 Å². The fourth-order valence-corrected chi connectivity index (χ4v) is 4.30. The number of nitrogens with one attached hydrogen (secondary N) is 1. The Hall–Kier alpha value is -0.170. The van der Waals surface area contributed by atoms with Crippen LogP contribution in [0.1, 0.15) is 32.1 Å². The van der Waals surface area contributed by atoms with Gasteiger partial charge in [-0.05, 0) is 37.5 Å². The quantitative estimate of drug-likeness (QED) is 0.724. The minimum atomic E-state index is -3.37. The number of aliphatic hydroxyl groups is 1. The van der Waals surface area contributed by atoms with Crippen LogP contribution in [0.5, 0.6) is 0 Å². The van der Waals surface area contributed by atoms with Crippen molar-refractivity contribution in [2.45, 2.75) is 38.1 Å². The van der Waals surface area contributed by atoms with Gasteiger partial charge in [0, 0.05) is 26.2 Å². The molecule has 0 saturated heterocycles. The molecule has 0 amide bonds. The number of hydrogen-bond donors (Lipinski definition) is 2. The van der Waals surface area contributed by atoms with E-state index in [9.17, 15) is 8.42 Å². The van der Waals surface area contributed by atoms with Gasteiger partial charge in [-0.1, -0.05) is 6.42 Å². The maximum absolute atomic E-state index is 12.0. The van der Waals surface area contributed by atoms with E-state index in [2.05, 4.69) is 4.72 Å². The van der Waals surface area contributed by atoms with Crippen LogP contribution in [-0.4, -0.2) is 44.1 Å². The van der Waals surface area contributed by atoms with Gasteiger partial charge in [-0.25, -0.2) is 0 Å². The predicted octanol–water partition coefficient (Wildman–Crippen LogP) is 0.324. The monoisotopic (exact) mass is 262 g/mol. The van der Waals surface area contributed by atoms with E-state index in [-0.39, 0.29) is 12.6 Å². The molecular weight excluding hydrogens is 240 g/mol. The zero-order valence-electron chi connectivity index (χ0n) is 10.3. The molecule has 2 saturated carbocycles. The fraction of sp³-hybridized carbons (Fsp3) is 1.00. The number of hydrogen-bond acceptors (Lipinski definition) is 3. The zero-order chi connectivity index (χ0) is 12.5. The summed E-state index contributed by atoms with van der Waals surface area (Å²) >= 11 is 0. The lowest BCUT2D eigenvalue weighted by atomic mass is 9.96. The molecule has 3 atom stereocenters. The summed E-state index contributed by atoms with van der Waals surface area (Å²) in [6.07, 6.45) is 5.10. The summed E-state index contributed by atoms with van der Waals surface area (Å²) in [4.78, 5) is 0. The highest BCUT2D eigenvalue weighted by molar-refractivity contribution is 7.87. The molecule has 3 unspecified atom stereocenters. The normalized spacial score (nSPS) is 32.5. The Balaban J connectivity index is 1.88. The predicted molar refractivity (Wildman–Crippen MR) is 65.6 cm³/mol. The second-order valence-electron chi connectivity index (χ2n) is 5.30. The third-order valence-electron chi connectivity index (χ3n) is 4.08. The maximum atomic E-state index is 12.0. The third kappa shape index (κ3) is 2.99. The van der Waals surface area contributed by atoms with Gasteiger partial charge in [-0.15, -0.1) is 0 Å². The number of nitrogens with zero attached hydrogens (tertiary/aromatic N) is 1. The molecule has 2 aliphatic carbocycles. The van der Waals surface area contributed by atoms with Crippen LogP contribution in [0.3, 0.4) is 0 Å². The molecule has 2 aliphatic rings. The van der Waals surface area contributed by atoms with Crippen LogP contribution in [0.4, 0.5) is 0 Å². The molecule has 100 valence electrons. The Morgan fingerprint density at radius 3 is 2.65 bits per heavy atom. The first-order valence-electron chi connectivity index (χ1n) is 6.37. The summed E-state index contributed by atoms with van der Waals surface area (Å²) in [6, 6.07) is 0.135. The summed E-state index contributed by atoms with van der Waals surface area (Å²) in [5.41, 5.74) is 0. The SMILES string of the molecule is CN(CCCO)S(=O)(=O)NC1CC2CCC1C2. The van der Waals surface area contributed by atoms with Gasteiger partial charge >= 0.3 is 0 Å². The first kappa shape index (κ1) is 13.3. The van der Waals surface area contributed by atoms with Crippen molar-refractivity contribution in [1.29, 1.82) is 0 Å². The van der Waals surface area contributed by atoms with Gasteiger partial charge in [-0.3, -0.25) is 0 Å². The standard InChI is InChI=1S/C11H22N2O3S/c1-13(5-2-6-14)17(15,16)12-11-8-9-3-4-10(11)7-9/h9-12,14H,2-8H2,1H3. The number of rotatable bonds is 6. The van der Waals surface area contributed by atoms with Gasteiger partial charge in [0.15, 0.2) is 0 Å². The largest absolute Gasteiger partial charge is 0.396 e. The highest BCUT2D eigenvalue weighted by atomic mass is 32.2. The molecule has 17 heavy (non-hydrogen) atoms. The van der Waals surface area contributed by atoms with Crippen molar-refractivity contribution in [3.8, 4) is 0 Å². The van der Waals surface area contributed by atoms with Crippen molar-refractivity contribution in [1.82, 2.24) is 9.03 Å². The summed E-state index contributed by atoms with van der Waals surface area (Å²) in [5.74, 6) is 1.27. The van der Waals surface area contributed by atoms with Gasteiger partial charge in [-0.2, -0.15) is 17.4 Å². The van der Waals surface area contributed by atoms with Crippen molar-refractivity contribution in [3.05, 3.63) is 0 Å². The lowest BCUT2D eigenvalue weighted by Crippen LogP contribution is -2.46. The van der Waals surface area contributed by atoms with Gasteiger partial charge in [0.2, 0.25) is 0 Å². The van der Waals surface area contributed by atoms with Gasteiger partial charge in [0.25, 0.3) is 10.2 Å². The molecule has 6 heteroatoms. The summed E-state index contributed by atoms with van der Waals surface area (Å²) in [5, 5.41) is 8.71. The molecule has 0 radical (unpaired) electrons. The second-order valence-corrected chi connectivity index (χ2v) is 7.11. The summed E-state index contributed by atoms with van der Waals surface area (Å²) in [7, 11) is -1.81. The molecule has 0 aromatic carbocycles. The highest BCUT2D eigenvalue weighted by Crippen LogP contribution is 2.44. The van der Waals surface area contributed by atoms with Crippen molar-refractivity contribution in [2.75, 3.05) is 20.2 Å². The van der Waals surface area contributed by atoms with E-state index in [4.69, 9.17) is 5.11 Å². The van der Waals surface area contributed by atoms with Crippen LogP contribution in [0, 0.1) is 11.8 Å². The highest BCUT2D eigenvalue weighted by Gasteiger charge is 2.41. The van der Waals surface area contributed by atoms with Crippen LogP contribution < -0.4 is 4.72 Å². The molecule has 2 N–H and O–H groups in total. The van der Waals surface area contributed by atoms with E-state index in [1.807, 2.05) is 0 Å². The first-order valence-corrected chi connectivity index (χ1v) is 7.81. The van der Waals surface area contributed by atoms with Crippen LogP contribution in [0.25, 0.3) is 0 Å². The lowest BCUT2D eigenvalue weighted by molar-refractivity contribution is 0.274. The Bertz CT molecular complexity index is 358. The molecule has 2 bridgehead atoms. The number of aliphatic hydroxyl groups excluding tert-OH is 1. The first-order chi connectivity index (χ1) is 8.03. The maximum Gasteiger partial charge on any atom is 0.279 e. The Morgan fingerprint density at radius 2 is 2.12 bits per heavy atom. The van der Waals surface area contributed by atoms with Gasteiger partial charge in [0.05, 0.1) is 0 Å². The molecule has 0 aliphatic heterocycles. The van der Waals surface area contributed by atoms with E-state index < -0.39 is 10.2 Å². The van der Waals surface area contributed by atoms with Gasteiger partial charge < -0.3 is 5.11 Å². The Labute approximate surface area is 103 Å². The summed E-state index contributed by atoms with van der Waals surface area (Å²) in [6.45, 7) is 0.390. The van der Waals surface area contributed by atoms with E-state index >= 15 is 0 Å². The molecule has 0 heterocycles. The molecule has 0 spiro atoms. The molecule has 2 rings (SSSR count). The van der Waals surface area contributed by atoms with E-state index in [0.29, 0.717) is 18.9 Å². The third-order valence-corrected chi connectivity index (χ3v) is 5.68. The minimum Gasteiger partial charge on any atom is -0.396 e. The average molecular weight is 262 g/mol. The smallest absolute Gasteiger partial charge is 0.279 e. The van der Waals surface area contributed by atoms with E-state index in [1.165, 1.54) is 17.1 Å². The molecule has 5 nitrogen and oxygen atoms in total. The van der Waals surface area contributed by atoms with Crippen molar-refractivity contribution in [2.24, 2.45) is 11.8 Å². The van der Waals surface area contributed by atoms with Crippen LogP contribution in [0.15, 0.2) is 0 Å². The van der Waals surface area contributed by atoms with Crippen molar-refractivity contribution in [3.63, 3.8) is 0 Å². The fourth-order valence-electron chi connectivity index (χ4n) is 3.08. The molecular formula is C11H22N2O3S. The van der Waals surface area contributed by atoms with E-state index in [1.54, 1.807) is 7.05 Å². The molecule has 0 aromatic heterocycles. The second kappa shape index (κ2) is 5.22. The van der Waals surface area contributed by atoms with Gasteiger partial charge in [0.1, 0.15) is 0 Å². The zero-order valence-corrected chi connectivity index (χ0v) is 11.1. The molecule has 2 fully saturated rings. The summed E-state index contributed by atoms with van der Waals surface area (Å²) < 4.78 is 28.1. The van der Waals surface area contributed by atoms with Crippen LogP contribution >= 0.6 is 0 Å². The van der Waals surface area contributed by atoms with Crippen molar-refractivity contribution < 1.29 is 13.5 Å². The Kier molecular flexibility index (Phi) is 4.07. The van der Waals surface area contributed by atoms with Crippen molar-refractivity contribution >= 4 is 10.2 Å². The Morgan fingerprint density at radius 1 is 1.35 bits per heavy atom. The van der Waals surface area contributed by atoms with Crippen LogP contribution in [-0.2, 0) is 10.2 Å². The minimum absolute atomic E-state index is 0.0218. The van der Waals surface area contributed by atoms with Crippen LogP contribution in [0.2, 0.25) is 0 Å². The van der Waals surface area contributed by atoms with E-state index in [0.717, 1.165) is 18.8 Å². The molecule has 0 aromatic rings. The lowest BCUT2D eigenvalue weighted by Gasteiger charge is -2.25. The average Bonchev–Trinajstić information content (AvgIpc) is 2.86. The number of fused-ring (bicyclic) bond motifs is 2.